The van der Waals surface area contributed by atoms with Gasteiger partial charge in [0.15, 0.2) is 0 Å². The largest absolute Gasteiger partial charge is 0.396 e. The average molecular weight is 317 g/mol. The number of hydrogen-bond acceptors (Lipinski definition) is 5. The van der Waals surface area contributed by atoms with Crippen molar-refractivity contribution in [3.8, 4) is 0 Å². The topological polar surface area (TPSA) is 67.1 Å². The molecule has 0 aliphatic rings. The Hall–Kier alpha value is -2.37. The van der Waals surface area contributed by atoms with Gasteiger partial charge in [0.25, 0.3) is 0 Å². The van der Waals surface area contributed by atoms with Crippen LogP contribution >= 0.6 is 0 Å². The van der Waals surface area contributed by atoms with E-state index in [-0.39, 0.29) is 5.69 Å². The Morgan fingerprint density at radius 2 is 1.87 bits per heavy atom. The second-order valence-electron chi connectivity index (χ2n) is 5.32. The molecule has 0 aliphatic heterocycles. The van der Waals surface area contributed by atoms with Crippen molar-refractivity contribution < 1.29 is 4.39 Å². The number of rotatable bonds is 7. The van der Waals surface area contributed by atoms with E-state index >= 15 is 0 Å². The van der Waals surface area contributed by atoms with E-state index in [9.17, 15) is 4.39 Å². The summed E-state index contributed by atoms with van der Waals surface area (Å²) in [4.78, 5) is 11.3. The maximum atomic E-state index is 13.3. The van der Waals surface area contributed by atoms with Crippen molar-refractivity contribution in [2.45, 2.75) is 33.6 Å². The molecule has 1 aromatic carbocycles. The molecular formula is C17H24FN5. The Balaban J connectivity index is 2.33. The summed E-state index contributed by atoms with van der Waals surface area (Å²) in [5.41, 5.74) is 7.37. The number of nitrogens with zero attached hydrogens (tertiary/aromatic N) is 3. The maximum Gasteiger partial charge on any atom is 0.229 e. The van der Waals surface area contributed by atoms with Gasteiger partial charge in [-0.15, -0.1) is 0 Å². The summed E-state index contributed by atoms with van der Waals surface area (Å²) in [7, 11) is 0. The highest BCUT2D eigenvalue weighted by Gasteiger charge is 2.10. The highest BCUT2D eigenvalue weighted by molar-refractivity contribution is 5.61. The van der Waals surface area contributed by atoms with Gasteiger partial charge in [0.1, 0.15) is 11.6 Å². The van der Waals surface area contributed by atoms with E-state index in [0.717, 1.165) is 37.4 Å². The molecule has 6 heteroatoms. The van der Waals surface area contributed by atoms with Crippen molar-refractivity contribution in [3.05, 3.63) is 35.8 Å². The molecule has 0 bridgehead atoms. The van der Waals surface area contributed by atoms with Gasteiger partial charge >= 0.3 is 0 Å². The fraction of sp³-hybridized carbons (Fsp3) is 0.412. The molecule has 124 valence electrons. The molecule has 0 unspecified atom stereocenters. The van der Waals surface area contributed by atoms with Gasteiger partial charge in [-0.1, -0.05) is 13.3 Å². The number of halogens is 1. The van der Waals surface area contributed by atoms with Crippen LogP contribution in [0.15, 0.2) is 24.3 Å². The summed E-state index contributed by atoms with van der Waals surface area (Å²) in [6, 6.07) is 6.53. The van der Waals surface area contributed by atoms with Gasteiger partial charge in [-0.25, -0.2) is 9.37 Å². The molecule has 2 rings (SSSR count). The number of benzene rings is 1. The fourth-order valence-corrected chi connectivity index (χ4v) is 2.38. The van der Waals surface area contributed by atoms with Crippen LogP contribution in [0.25, 0.3) is 0 Å². The van der Waals surface area contributed by atoms with Crippen molar-refractivity contribution in [3.63, 3.8) is 0 Å². The van der Waals surface area contributed by atoms with Crippen LogP contribution in [0.2, 0.25) is 0 Å². The molecule has 0 radical (unpaired) electrons. The lowest BCUT2D eigenvalue weighted by molar-refractivity contribution is 0.632. The average Bonchev–Trinajstić information content (AvgIpc) is 2.52. The zero-order valence-corrected chi connectivity index (χ0v) is 13.9. The van der Waals surface area contributed by atoms with E-state index in [1.54, 1.807) is 12.1 Å². The van der Waals surface area contributed by atoms with Crippen molar-refractivity contribution in [2.24, 2.45) is 0 Å². The standard InChI is InChI=1S/C17H24FN5/c1-4-7-12-11-16(23(5-2)6-3)22-17(20-12)21-13-8-9-14(18)15(19)10-13/h8-11H,4-7,19H2,1-3H3,(H,20,21,22). The van der Waals surface area contributed by atoms with Crippen molar-refractivity contribution >= 4 is 23.1 Å². The van der Waals surface area contributed by atoms with E-state index in [1.165, 1.54) is 6.07 Å². The first-order chi connectivity index (χ1) is 11.1. The van der Waals surface area contributed by atoms with Gasteiger partial charge in [-0.2, -0.15) is 4.98 Å². The van der Waals surface area contributed by atoms with Crippen LogP contribution in [0.3, 0.4) is 0 Å². The van der Waals surface area contributed by atoms with Crippen molar-refractivity contribution in [1.29, 1.82) is 0 Å². The van der Waals surface area contributed by atoms with Crippen LogP contribution in [-0.4, -0.2) is 23.1 Å². The summed E-state index contributed by atoms with van der Waals surface area (Å²) < 4.78 is 13.3. The number of aromatic nitrogens is 2. The second kappa shape index (κ2) is 7.76. The Bertz CT molecular complexity index is 655. The molecular weight excluding hydrogens is 293 g/mol. The van der Waals surface area contributed by atoms with Gasteiger partial charge in [0.05, 0.1) is 5.69 Å². The summed E-state index contributed by atoms with van der Waals surface area (Å²) >= 11 is 0. The Kier molecular flexibility index (Phi) is 5.73. The molecule has 0 amide bonds. The highest BCUT2D eigenvalue weighted by atomic mass is 19.1. The molecule has 0 spiro atoms. The number of hydrogen-bond donors (Lipinski definition) is 2. The number of nitrogens with one attached hydrogen (secondary N) is 1. The van der Waals surface area contributed by atoms with Crippen LogP contribution in [-0.2, 0) is 6.42 Å². The van der Waals surface area contributed by atoms with Crippen LogP contribution in [0.4, 0.5) is 27.5 Å². The molecule has 0 saturated heterocycles. The minimum atomic E-state index is -0.431. The van der Waals surface area contributed by atoms with E-state index in [4.69, 9.17) is 5.73 Å². The Morgan fingerprint density at radius 1 is 1.13 bits per heavy atom. The smallest absolute Gasteiger partial charge is 0.229 e. The van der Waals surface area contributed by atoms with Gasteiger partial charge < -0.3 is 16.0 Å². The van der Waals surface area contributed by atoms with Crippen LogP contribution < -0.4 is 16.0 Å². The quantitative estimate of drug-likeness (QED) is 0.761. The molecule has 0 aliphatic carbocycles. The minimum absolute atomic E-state index is 0.101. The summed E-state index contributed by atoms with van der Waals surface area (Å²) in [5, 5.41) is 3.12. The molecule has 5 nitrogen and oxygen atoms in total. The van der Waals surface area contributed by atoms with E-state index in [2.05, 4.69) is 41.0 Å². The first kappa shape index (κ1) is 17.0. The van der Waals surface area contributed by atoms with Crippen molar-refractivity contribution in [2.75, 3.05) is 29.0 Å². The van der Waals surface area contributed by atoms with Gasteiger partial charge in [-0.05, 0) is 38.5 Å². The molecule has 1 heterocycles. The van der Waals surface area contributed by atoms with Crippen LogP contribution in [0.5, 0.6) is 0 Å². The van der Waals surface area contributed by atoms with Gasteiger partial charge in [-0.3, -0.25) is 0 Å². The SMILES string of the molecule is CCCc1cc(N(CC)CC)nc(Nc2ccc(F)c(N)c2)n1. The zero-order valence-electron chi connectivity index (χ0n) is 13.9. The molecule has 0 atom stereocenters. The van der Waals surface area contributed by atoms with E-state index < -0.39 is 5.82 Å². The first-order valence-electron chi connectivity index (χ1n) is 8.02. The normalized spacial score (nSPS) is 10.6. The summed E-state index contributed by atoms with van der Waals surface area (Å²) in [6.07, 6.45) is 1.90. The fourth-order valence-electron chi connectivity index (χ4n) is 2.38. The molecule has 23 heavy (non-hydrogen) atoms. The lowest BCUT2D eigenvalue weighted by Crippen LogP contribution is -2.23. The third kappa shape index (κ3) is 4.31. The van der Waals surface area contributed by atoms with Crippen LogP contribution in [0, 0.1) is 5.82 Å². The first-order valence-corrected chi connectivity index (χ1v) is 8.02. The number of aryl methyl sites for hydroxylation is 1. The Morgan fingerprint density at radius 3 is 2.48 bits per heavy atom. The predicted octanol–water partition coefficient (Wildman–Crippen LogP) is 3.74. The highest BCUT2D eigenvalue weighted by Crippen LogP contribution is 2.22. The predicted molar refractivity (Wildman–Crippen MR) is 93.7 cm³/mol. The minimum Gasteiger partial charge on any atom is -0.396 e. The lowest BCUT2D eigenvalue weighted by atomic mass is 10.2. The van der Waals surface area contributed by atoms with Crippen LogP contribution in [0.1, 0.15) is 32.9 Å². The van der Waals surface area contributed by atoms with E-state index in [0.29, 0.717) is 11.6 Å². The number of nitrogens with two attached hydrogens (primary N) is 1. The van der Waals surface area contributed by atoms with Gasteiger partial charge in [0, 0.05) is 30.5 Å². The number of anilines is 4. The summed E-state index contributed by atoms with van der Waals surface area (Å²) in [5.74, 6) is 0.968. The lowest BCUT2D eigenvalue weighted by Gasteiger charge is -2.21. The van der Waals surface area contributed by atoms with E-state index in [1.807, 2.05) is 6.07 Å². The number of nitrogen functional groups attached to an aromatic ring is 1. The molecule has 0 saturated carbocycles. The molecule has 3 N–H and O–H groups in total. The second-order valence-corrected chi connectivity index (χ2v) is 5.32. The monoisotopic (exact) mass is 317 g/mol. The van der Waals surface area contributed by atoms with Gasteiger partial charge in [0.2, 0.25) is 5.95 Å². The zero-order chi connectivity index (χ0) is 16.8. The molecule has 0 fully saturated rings. The molecule has 2 aromatic rings. The Labute approximate surface area is 136 Å². The molecule has 1 aromatic heterocycles. The maximum absolute atomic E-state index is 13.3. The van der Waals surface area contributed by atoms with Crippen molar-refractivity contribution in [1.82, 2.24) is 9.97 Å². The third-order valence-electron chi connectivity index (χ3n) is 3.61. The summed E-state index contributed by atoms with van der Waals surface area (Å²) in [6.45, 7) is 8.06. The third-order valence-corrected chi connectivity index (χ3v) is 3.61.